The van der Waals surface area contributed by atoms with Crippen LogP contribution in [0.3, 0.4) is 0 Å². The van der Waals surface area contributed by atoms with E-state index in [1.54, 1.807) is 0 Å². The Bertz CT molecular complexity index is 350. The molecule has 0 aliphatic carbocycles. The Kier molecular flexibility index (Phi) is 4.64. The van der Waals surface area contributed by atoms with E-state index in [0.29, 0.717) is 6.54 Å². The average Bonchev–Trinajstić information content (AvgIpc) is 2.26. The Labute approximate surface area is 96.6 Å². The first-order valence-corrected chi connectivity index (χ1v) is 5.45. The molecule has 1 aromatic carbocycles. The number of rotatable bonds is 4. The Balaban J connectivity index is 2.59. The van der Waals surface area contributed by atoms with E-state index in [4.69, 9.17) is 0 Å². The summed E-state index contributed by atoms with van der Waals surface area (Å²) in [7, 11) is 3.94. The number of hydrogen-bond donors (Lipinski definition) is 2. The summed E-state index contributed by atoms with van der Waals surface area (Å²) in [4.78, 5) is 13.4. The number of urea groups is 1. The van der Waals surface area contributed by atoms with Crippen molar-refractivity contribution in [3.8, 4) is 0 Å². The molecule has 4 heteroatoms. The van der Waals surface area contributed by atoms with E-state index in [1.165, 1.54) is 0 Å². The second-order valence-corrected chi connectivity index (χ2v) is 3.83. The van der Waals surface area contributed by atoms with Crippen LogP contribution in [0.5, 0.6) is 0 Å². The third-order valence-electron chi connectivity index (χ3n) is 2.16. The standard InChI is InChI=1S/C12H19N3O/c1-4-8-13-12(16)14-10-6-5-7-11(9-10)15(2)3/h5-7,9H,4,8H2,1-3H3,(H2,13,14,16). The van der Waals surface area contributed by atoms with Gasteiger partial charge in [0.05, 0.1) is 0 Å². The van der Waals surface area contributed by atoms with Gasteiger partial charge in [0.1, 0.15) is 0 Å². The molecule has 88 valence electrons. The molecule has 0 bridgehead atoms. The SMILES string of the molecule is CCCNC(=O)Nc1cccc(N(C)C)c1. The molecule has 1 rings (SSSR count). The van der Waals surface area contributed by atoms with Crippen molar-refractivity contribution in [2.45, 2.75) is 13.3 Å². The quantitative estimate of drug-likeness (QED) is 0.819. The molecule has 0 saturated heterocycles. The van der Waals surface area contributed by atoms with Crippen LogP contribution in [0.25, 0.3) is 0 Å². The zero-order valence-corrected chi connectivity index (χ0v) is 10.1. The second-order valence-electron chi connectivity index (χ2n) is 3.83. The number of carbonyl (C=O) groups excluding carboxylic acids is 1. The maximum Gasteiger partial charge on any atom is 0.319 e. The molecular formula is C12H19N3O. The molecule has 1 aromatic rings. The van der Waals surface area contributed by atoms with Gasteiger partial charge in [-0.15, -0.1) is 0 Å². The Morgan fingerprint density at radius 3 is 2.75 bits per heavy atom. The highest BCUT2D eigenvalue weighted by molar-refractivity contribution is 5.89. The number of nitrogens with one attached hydrogen (secondary N) is 2. The minimum atomic E-state index is -0.155. The number of nitrogens with zero attached hydrogens (tertiary/aromatic N) is 1. The monoisotopic (exact) mass is 221 g/mol. The van der Waals surface area contributed by atoms with Gasteiger partial charge in [0.2, 0.25) is 0 Å². The summed E-state index contributed by atoms with van der Waals surface area (Å²) in [6.07, 6.45) is 0.936. The van der Waals surface area contributed by atoms with Crippen molar-refractivity contribution in [3.05, 3.63) is 24.3 Å². The first-order valence-electron chi connectivity index (χ1n) is 5.45. The van der Waals surface area contributed by atoms with E-state index in [9.17, 15) is 4.79 Å². The van der Waals surface area contributed by atoms with Gasteiger partial charge < -0.3 is 15.5 Å². The van der Waals surface area contributed by atoms with Crippen LogP contribution in [-0.2, 0) is 0 Å². The molecule has 2 amide bonds. The second kappa shape index (κ2) is 6.00. The molecule has 0 unspecified atom stereocenters. The van der Waals surface area contributed by atoms with Crippen LogP contribution in [0.15, 0.2) is 24.3 Å². The van der Waals surface area contributed by atoms with Crippen molar-refractivity contribution in [2.75, 3.05) is 30.9 Å². The molecule has 0 saturated carbocycles. The Morgan fingerprint density at radius 2 is 2.12 bits per heavy atom. The first kappa shape index (κ1) is 12.4. The summed E-state index contributed by atoms with van der Waals surface area (Å²) >= 11 is 0. The van der Waals surface area contributed by atoms with Crippen LogP contribution < -0.4 is 15.5 Å². The maximum absolute atomic E-state index is 11.4. The molecule has 0 fully saturated rings. The average molecular weight is 221 g/mol. The molecule has 4 nitrogen and oxygen atoms in total. The summed E-state index contributed by atoms with van der Waals surface area (Å²) < 4.78 is 0. The fourth-order valence-electron chi connectivity index (χ4n) is 1.28. The topological polar surface area (TPSA) is 44.4 Å². The van der Waals surface area contributed by atoms with E-state index < -0.39 is 0 Å². The van der Waals surface area contributed by atoms with Gasteiger partial charge in [-0.05, 0) is 24.6 Å². The van der Waals surface area contributed by atoms with Gasteiger partial charge >= 0.3 is 6.03 Å². The van der Waals surface area contributed by atoms with Gasteiger partial charge in [0.25, 0.3) is 0 Å². The number of hydrogen-bond acceptors (Lipinski definition) is 2. The van der Waals surface area contributed by atoms with Crippen molar-refractivity contribution >= 4 is 17.4 Å². The van der Waals surface area contributed by atoms with E-state index in [2.05, 4.69) is 10.6 Å². The van der Waals surface area contributed by atoms with Crippen molar-refractivity contribution in [2.24, 2.45) is 0 Å². The first-order chi connectivity index (χ1) is 7.63. The number of anilines is 2. The van der Waals surface area contributed by atoms with E-state index >= 15 is 0 Å². The molecule has 0 radical (unpaired) electrons. The predicted molar refractivity (Wildman–Crippen MR) is 68.1 cm³/mol. The zero-order valence-electron chi connectivity index (χ0n) is 10.1. The Morgan fingerprint density at radius 1 is 1.38 bits per heavy atom. The number of carbonyl (C=O) groups is 1. The van der Waals surface area contributed by atoms with Gasteiger partial charge in [-0.1, -0.05) is 13.0 Å². The van der Waals surface area contributed by atoms with E-state index in [-0.39, 0.29) is 6.03 Å². The van der Waals surface area contributed by atoms with Gasteiger partial charge in [-0.25, -0.2) is 4.79 Å². The van der Waals surface area contributed by atoms with Crippen LogP contribution in [0.4, 0.5) is 16.2 Å². The van der Waals surface area contributed by atoms with Crippen LogP contribution in [0.2, 0.25) is 0 Å². The smallest absolute Gasteiger partial charge is 0.319 e. The molecular weight excluding hydrogens is 202 g/mol. The predicted octanol–water partition coefficient (Wildman–Crippen LogP) is 2.28. The number of benzene rings is 1. The maximum atomic E-state index is 11.4. The summed E-state index contributed by atoms with van der Waals surface area (Å²) in [6, 6.07) is 7.57. The highest BCUT2D eigenvalue weighted by Crippen LogP contribution is 2.16. The molecule has 0 spiro atoms. The van der Waals surface area contributed by atoms with Crippen molar-refractivity contribution in [1.29, 1.82) is 0 Å². The molecule has 0 aliphatic heterocycles. The minimum Gasteiger partial charge on any atom is -0.378 e. The van der Waals surface area contributed by atoms with Crippen molar-refractivity contribution in [3.63, 3.8) is 0 Å². The lowest BCUT2D eigenvalue weighted by molar-refractivity contribution is 0.252. The minimum absolute atomic E-state index is 0.155. The summed E-state index contributed by atoms with van der Waals surface area (Å²) in [6.45, 7) is 2.71. The number of amides is 2. The molecule has 16 heavy (non-hydrogen) atoms. The lowest BCUT2D eigenvalue weighted by Crippen LogP contribution is -2.29. The van der Waals surface area contributed by atoms with Gasteiger partial charge in [-0.2, -0.15) is 0 Å². The highest BCUT2D eigenvalue weighted by Gasteiger charge is 2.01. The highest BCUT2D eigenvalue weighted by atomic mass is 16.2. The normalized spacial score (nSPS) is 9.69. The van der Waals surface area contributed by atoms with E-state index in [0.717, 1.165) is 17.8 Å². The fraction of sp³-hybridized carbons (Fsp3) is 0.417. The largest absolute Gasteiger partial charge is 0.378 e. The fourth-order valence-corrected chi connectivity index (χ4v) is 1.28. The van der Waals surface area contributed by atoms with Crippen molar-refractivity contribution in [1.82, 2.24) is 5.32 Å². The molecule has 0 atom stereocenters. The lowest BCUT2D eigenvalue weighted by atomic mass is 10.2. The van der Waals surface area contributed by atoms with Crippen LogP contribution in [-0.4, -0.2) is 26.7 Å². The zero-order chi connectivity index (χ0) is 12.0. The molecule has 2 N–H and O–H groups in total. The lowest BCUT2D eigenvalue weighted by Gasteiger charge is -2.14. The van der Waals surface area contributed by atoms with Gasteiger partial charge in [0, 0.05) is 32.0 Å². The molecule has 0 heterocycles. The Hall–Kier alpha value is -1.71. The molecule has 0 aliphatic rings. The van der Waals surface area contributed by atoms with Gasteiger partial charge in [-0.3, -0.25) is 0 Å². The molecule has 0 aromatic heterocycles. The van der Waals surface area contributed by atoms with E-state index in [1.807, 2.05) is 50.2 Å². The summed E-state index contributed by atoms with van der Waals surface area (Å²) in [5, 5.41) is 5.56. The summed E-state index contributed by atoms with van der Waals surface area (Å²) in [5.74, 6) is 0. The van der Waals surface area contributed by atoms with Gasteiger partial charge in [0.15, 0.2) is 0 Å². The third kappa shape index (κ3) is 3.81. The van der Waals surface area contributed by atoms with Crippen LogP contribution in [0.1, 0.15) is 13.3 Å². The third-order valence-corrected chi connectivity index (χ3v) is 2.16. The van der Waals surface area contributed by atoms with Crippen LogP contribution in [0, 0.1) is 0 Å². The van der Waals surface area contributed by atoms with Crippen molar-refractivity contribution < 1.29 is 4.79 Å². The summed E-state index contributed by atoms with van der Waals surface area (Å²) in [5.41, 5.74) is 1.87. The van der Waals surface area contributed by atoms with Crippen LogP contribution >= 0.6 is 0 Å².